The summed E-state index contributed by atoms with van der Waals surface area (Å²) in [6, 6.07) is 9.18. The first-order valence-electron chi connectivity index (χ1n) is 7.84. The zero-order chi connectivity index (χ0) is 18.0. The fourth-order valence-electron chi connectivity index (χ4n) is 2.43. The van der Waals surface area contributed by atoms with Crippen LogP contribution in [0.5, 0.6) is 0 Å². The number of hydrogen-bond donors (Lipinski definition) is 0. The van der Waals surface area contributed by atoms with Gasteiger partial charge in [-0.25, -0.2) is 9.78 Å². The summed E-state index contributed by atoms with van der Waals surface area (Å²) in [5.41, 5.74) is 3.15. The van der Waals surface area contributed by atoms with E-state index in [1.54, 1.807) is 29.7 Å². The Labute approximate surface area is 150 Å². The van der Waals surface area contributed by atoms with E-state index in [0.717, 1.165) is 11.1 Å². The van der Waals surface area contributed by atoms with E-state index in [4.69, 9.17) is 16.3 Å². The molecule has 7 heteroatoms. The highest BCUT2D eigenvalue weighted by Gasteiger charge is 2.21. The van der Waals surface area contributed by atoms with Crippen LogP contribution in [0.15, 0.2) is 46.8 Å². The Morgan fingerprint density at radius 1 is 1.24 bits per heavy atom. The Bertz CT molecular complexity index is 979. The molecule has 0 saturated heterocycles. The molecular formula is C18H17ClN4O2. The van der Waals surface area contributed by atoms with E-state index >= 15 is 0 Å². The van der Waals surface area contributed by atoms with Crippen LogP contribution in [0.1, 0.15) is 28.5 Å². The van der Waals surface area contributed by atoms with E-state index < -0.39 is 5.97 Å². The van der Waals surface area contributed by atoms with E-state index in [2.05, 4.69) is 15.2 Å². The number of rotatable bonds is 4. The first-order valence-corrected chi connectivity index (χ1v) is 8.22. The highest BCUT2D eigenvalue weighted by atomic mass is 35.5. The Morgan fingerprint density at radius 3 is 2.80 bits per heavy atom. The lowest BCUT2D eigenvalue weighted by Crippen LogP contribution is -2.05. The Balaban J connectivity index is 2.15. The number of esters is 1. The molecule has 0 aliphatic carbocycles. The fourth-order valence-corrected chi connectivity index (χ4v) is 2.60. The van der Waals surface area contributed by atoms with Crippen LogP contribution >= 0.6 is 11.6 Å². The maximum atomic E-state index is 12.3. The first-order chi connectivity index (χ1) is 12.0. The van der Waals surface area contributed by atoms with Crippen molar-refractivity contribution in [3.63, 3.8) is 0 Å². The van der Waals surface area contributed by atoms with Gasteiger partial charge in [0.15, 0.2) is 11.5 Å². The van der Waals surface area contributed by atoms with Gasteiger partial charge in [-0.05, 0) is 50.1 Å². The predicted molar refractivity (Wildman–Crippen MR) is 96.3 cm³/mol. The summed E-state index contributed by atoms with van der Waals surface area (Å²) in [6.45, 7) is 5.78. The van der Waals surface area contributed by atoms with Gasteiger partial charge in [0.25, 0.3) is 0 Å². The minimum absolute atomic E-state index is 0.139. The van der Waals surface area contributed by atoms with E-state index in [0.29, 0.717) is 22.2 Å². The normalized spacial score (nSPS) is 11.4. The molecule has 0 N–H and O–H groups in total. The molecule has 128 valence electrons. The topological polar surface area (TPSA) is 68.3 Å². The average molecular weight is 357 g/mol. The second kappa shape index (κ2) is 7.03. The van der Waals surface area contributed by atoms with Gasteiger partial charge in [-0.15, -0.1) is 10.2 Å². The van der Waals surface area contributed by atoms with Gasteiger partial charge >= 0.3 is 5.97 Å². The molecule has 0 radical (unpaired) electrons. The summed E-state index contributed by atoms with van der Waals surface area (Å²) >= 11 is 6.12. The lowest BCUT2D eigenvalue weighted by Gasteiger charge is -2.02. The van der Waals surface area contributed by atoms with Crippen LogP contribution in [-0.2, 0) is 4.74 Å². The minimum Gasteiger partial charge on any atom is -0.461 e. The van der Waals surface area contributed by atoms with Crippen molar-refractivity contribution in [2.24, 2.45) is 10.2 Å². The van der Waals surface area contributed by atoms with Crippen LogP contribution in [0.4, 0.5) is 11.5 Å². The van der Waals surface area contributed by atoms with Gasteiger partial charge in [-0.1, -0.05) is 23.7 Å². The Morgan fingerprint density at radius 2 is 2.04 bits per heavy atom. The highest BCUT2D eigenvalue weighted by molar-refractivity contribution is 6.31. The number of carbonyl (C=O) groups is 1. The van der Waals surface area contributed by atoms with Crippen LogP contribution in [0.25, 0.3) is 5.65 Å². The zero-order valence-electron chi connectivity index (χ0n) is 14.2. The van der Waals surface area contributed by atoms with Crippen molar-refractivity contribution in [2.45, 2.75) is 20.8 Å². The number of carbonyl (C=O) groups excluding carboxylic acids is 1. The van der Waals surface area contributed by atoms with E-state index in [9.17, 15) is 4.79 Å². The molecule has 6 nitrogen and oxygen atoms in total. The summed E-state index contributed by atoms with van der Waals surface area (Å²) < 4.78 is 6.82. The fraction of sp³-hybridized carbons (Fsp3) is 0.222. The standard InChI is InChI=1S/C18H17ClN4O2/c1-4-25-18(24)15-17(23-10-6-7-11(2)16(23)20-15)22-21-14-9-5-8-13(19)12(14)3/h5-10H,4H2,1-3H3. The summed E-state index contributed by atoms with van der Waals surface area (Å²) in [6.07, 6.45) is 1.79. The SMILES string of the molecule is CCOC(=O)c1nc2c(C)cccn2c1N=Nc1cccc(Cl)c1C. The number of aromatic nitrogens is 2. The van der Waals surface area contributed by atoms with Gasteiger partial charge in [0.1, 0.15) is 5.65 Å². The number of benzene rings is 1. The van der Waals surface area contributed by atoms with E-state index in [1.165, 1.54) is 0 Å². The van der Waals surface area contributed by atoms with Gasteiger partial charge in [-0.2, -0.15) is 0 Å². The first kappa shape index (κ1) is 17.1. The minimum atomic E-state index is -0.526. The number of azo groups is 1. The quantitative estimate of drug-likeness (QED) is 0.476. The zero-order valence-corrected chi connectivity index (χ0v) is 14.9. The monoisotopic (exact) mass is 356 g/mol. The van der Waals surface area contributed by atoms with Crippen LogP contribution < -0.4 is 0 Å². The number of nitrogens with zero attached hydrogens (tertiary/aromatic N) is 4. The maximum absolute atomic E-state index is 12.3. The second-order valence-corrected chi connectivity index (χ2v) is 5.88. The van der Waals surface area contributed by atoms with Gasteiger partial charge < -0.3 is 4.74 Å². The van der Waals surface area contributed by atoms with Crippen LogP contribution in [0.2, 0.25) is 5.02 Å². The molecule has 2 heterocycles. The van der Waals surface area contributed by atoms with Crippen molar-refractivity contribution >= 4 is 34.7 Å². The third-order valence-electron chi connectivity index (χ3n) is 3.78. The van der Waals surface area contributed by atoms with Gasteiger partial charge in [-0.3, -0.25) is 4.40 Å². The molecule has 0 aliphatic heterocycles. The van der Waals surface area contributed by atoms with Crippen molar-refractivity contribution in [1.29, 1.82) is 0 Å². The summed E-state index contributed by atoms with van der Waals surface area (Å²) in [4.78, 5) is 16.6. The van der Waals surface area contributed by atoms with Crippen molar-refractivity contribution < 1.29 is 9.53 Å². The lowest BCUT2D eigenvalue weighted by molar-refractivity contribution is 0.0521. The molecule has 0 bridgehead atoms. The van der Waals surface area contributed by atoms with Gasteiger partial charge in [0.05, 0.1) is 12.3 Å². The Hall–Kier alpha value is -2.73. The number of ether oxygens (including phenoxy) is 1. The molecular weight excluding hydrogens is 340 g/mol. The van der Waals surface area contributed by atoms with E-state index in [1.807, 2.05) is 32.0 Å². The van der Waals surface area contributed by atoms with Crippen molar-refractivity contribution in [3.8, 4) is 0 Å². The molecule has 0 atom stereocenters. The molecule has 1 aromatic carbocycles. The smallest absolute Gasteiger partial charge is 0.360 e. The number of hydrogen-bond acceptors (Lipinski definition) is 5. The van der Waals surface area contributed by atoms with Crippen LogP contribution in [0, 0.1) is 13.8 Å². The van der Waals surface area contributed by atoms with Gasteiger partial charge in [0, 0.05) is 11.2 Å². The maximum Gasteiger partial charge on any atom is 0.360 e. The molecule has 0 fully saturated rings. The number of fused-ring (bicyclic) bond motifs is 1. The number of aryl methyl sites for hydroxylation is 1. The number of halogens is 1. The van der Waals surface area contributed by atoms with E-state index in [-0.39, 0.29) is 12.3 Å². The third-order valence-corrected chi connectivity index (χ3v) is 4.19. The molecule has 2 aromatic heterocycles. The molecule has 3 rings (SSSR count). The van der Waals surface area contributed by atoms with Gasteiger partial charge in [0.2, 0.25) is 0 Å². The summed E-state index contributed by atoms with van der Waals surface area (Å²) in [5, 5.41) is 9.15. The summed E-state index contributed by atoms with van der Waals surface area (Å²) in [7, 11) is 0. The second-order valence-electron chi connectivity index (χ2n) is 5.47. The van der Waals surface area contributed by atoms with Crippen LogP contribution in [-0.4, -0.2) is 22.0 Å². The molecule has 0 aliphatic rings. The summed E-state index contributed by atoms with van der Waals surface area (Å²) in [5.74, 6) is -0.195. The molecule has 25 heavy (non-hydrogen) atoms. The van der Waals surface area contributed by atoms with Crippen molar-refractivity contribution in [1.82, 2.24) is 9.38 Å². The molecule has 0 spiro atoms. The molecule has 0 saturated carbocycles. The highest BCUT2D eigenvalue weighted by Crippen LogP contribution is 2.29. The predicted octanol–water partition coefficient (Wildman–Crippen LogP) is 5.20. The van der Waals surface area contributed by atoms with Crippen molar-refractivity contribution in [2.75, 3.05) is 6.61 Å². The number of pyridine rings is 1. The third kappa shape index (κ3) is 3.25. The van der Waals surface area contributed by atoms with Crippen LogP contribution in [0.3, 0.4) is 0 Å². The largest absolute Gasteiger partial charge is 0.461 e. The van der Waals surface area contributed by atoms with Crippen molar-refractivity contribution in [3.05, 3.63) is 58.4 Å². The lowest BCUT2D eigenvalue weighted by atomic mass is 10.2. The molecule has 0 unspecified atom stereocenters. The number of imidazole rings is 1. The average Bonchev–Trinajstić information content (AvgIpc) is 2.97. The Kier molecular flexibility index (Phi) is 4.81. The molecule has 3 aromatic rings. The molecule has 0 amide bonds.